The number of carbonyl (C=O) groups is 1. The van der Waals surface area contributed by atoms with Gasteiger partial charge in [-0.05, 0) is 19.3 Å². The Labute approximate surface area is 95.9 Å². The van der Waals surface area contributed by atoms with E-state index in [1.807, 2.05) is 4.90 Å². The number of nitrogens with two attached hydrogens (primary N) is 1. The first-order chi connectivity index (χ1) is 7.65. The molecule has 1 unspecified atom stereocenters. The summed E-state index contributed by atoms with van der Waals surface area (Å²) in [5.74, 6) is 0.0956. The van der Waals surface area contributed by atoms with Crippen molar-refractivity contribution in [1.82, 2.24) is 4.90 Å². The summed E-state index contributed by atoms with van der Waals surface area (Å²) in [5.41, 5.74) is 5.36. The Bertz CT molecular complexity index is 266. The molecule has 1 saturated heterocycles. The van der Waals surface area contributed by atoms with E-state index in [4.69, 9.17) is 15.2 Å². The number of amides is 1. The zero-order valence-corrected chi connectivity index (χ0v) is 9.78. The van der Waals surface area contributed by atoms with E-state index in [0.717, 1.165) is 19.3 Å². The summed E-state index contributed by atoms with van der Waals surface area (Å²) in [4.78, 5) is 13.9. The number of carbonyl (C=O) groups excluding carboxylic acids is 1. The zero-order chi connectivity index (χ0) is 11.6. The molecule has 1 heterocycles. The quantitative estimate of drug-likeness (QED) is 0.720. The number of methoxy groups -OCH3 is 1. The molecular formula is C11H20N2O3. The van der Waals surface area contributed by atoms with Crippen LogP contribution in [-0.4, -0.2) is 55.9 Å². The van der Waals surface area contributed by atoms with Gasteiger partial charge in [0.25, 0.3) is 0 Å². The molecule has 1 atom stereocenters. The third-order valence-corrected chi connectivity index (χ3v) is 3.28. The minimum Gasteiger partial charge on any atom is -0.385 e. The Morgan fingerprint density at radius 2 is 2.38 bits per heavy atom. The van der Waals surface area contributed by atoms with Crippen LogP contribution in [-0.2, 0) is 14.3 Å². The first-order valence-corrected chi connectivity index (χ1v) is 5.84. The molecule has 16 heavy (non-hydrogen) atoms. The number of hydrogen-bond donors (Lipinski definition) is 1. The lowest BCUT2D eigenvalue weighted by molar-refractivity contribution is -0.141. The van der Waals surface area contributed by atoms with E-state index in [9.17, 15) is 4.79 Å². The summed E-state index contributed by atoms with van der Waals surface area (Å²) in [6.07, 6.45) is 2.58. The molecule has 1 amide bonds. The van der Waals surface area contributed by atoms with Crippen molar-refractivity contribution in [3.05, 3.63) is 0 Å². The zero-order valence-electron chi connectivity index (χ0n) is 9.78. The van der Waals surface area contributed by atoms with Crippen molar-refractivity contribution in [2.24, 2.45) is 5.73 Å². The minimum absolute atomic E-state index is 0.0956. The van der Waals surface area contributed by atoms with Gasteiger partial charge in [-0.2, -0.15) is 0 Å². The molecule has 1 aliphatic heterocycles. The fourth-order valence-electron chi connectivity index (χ4n) is 1.99. The molecule has 2 fully saturated rings. The van der Waals surface area contributed by atoms with Crippen LogP contribution >= 0.6 is 0 Å². The number of morpholine rings is 1. The van der Waals surface area contributed by atoms with Crippen LogP contribution in [0.25, 0.3) is 0 Å². The summed E-state index contributed by atoms with van der Waals surface area (Å²) >= 11 is 0. The van der Waals surface area contributed by atoms with Crippen molar-refractivity contribution in [1.29, 1.82) is 0 Å². The molecular weight excluding hydrogens is 208 g/mol. The molecule has 92 valence electrons. The lowest BCUT2D eigenvalue weighted by Crippen LogP contribution is -2.52. The Morgan fingerprint density at radius 1 is 1.62 bits per heavy atom. The van der Waals surface area contributed by atoms with E-state index in [2.05, 4.69) is 0 Å². The van der Waals surface area contributed by atoms with E-state index in [-0.39, 0.29) is 12.0 Å². The second-order valence-electron chi connectivity index (χ2n) is 4.68. The first-order valence-electron chi connectivity index (χ1n) is 5.84. The molecule has 0 bridgehead atoms. The van der Waals surface area contributed by atoms with Crippen molar-refractivity contribution < 1.29 is 14.3 Å². The maximum Gasteiger partial charge on any atom is 0.242 e. The predicted octanol–water partition coefficient (Wildman–Crippen LogP) is -0.258. The molecule has 0 aromatic rings. The summed E-state index contributed by atoms with van der Waals surface area (Å²) in [6.45, 7) is 2.60. The summed E-state index contributed by atoms with van der Waals surface area (Å²) in [5, 5.41) is 0. The first kappa shape index (κ1) is 11.8. The van der Waals surface area contributed by atoms with E-state index in [1.165, 1.54) is 0 Å². The average Bonchev–Trinajstić information content (AvgIpc) is 3.05. The van der Waals surface area contributed by atoms with Gasteiger partial charge in [-0.1, -0.05) is 0 Å². The van der Waals surface area contributed by atoms with Crippen LogP contribution in [0.5, 0.6) is 0 Å². The van der Waals surface area contributed by atoms with E-state index < -0.39 is 5.54 Å². The van der Waals surface area contributed by atoms with Crippen molar-refractivity contribution in [2.45, 2.75) is 30.9 Å². The molecule has 0 spiro atoms. The number of nitrogens with zero attached hydrogens (tertiary/aromatic N) is 1. The van der Waals surface area contributed by atoms with Crippen LogP contribution in [0.4, 0.5) is 0 Å². The summed E-state index contributed by atoms with van der Waals surface area (Å²) < 4.78 is 10.6. The molecule has 2 rings (SSSR count). The molecule has 1 saturated carbocycles. The van der Waals surface area contributed by atoms with Crippen molar-refractivity contribution >= 4 is 5.91 Å². The molecule has 5 heteroatoms. The third kappa shape index (κ3) is 2.53. The molecule has 2 aliphatic rings. The van der Waals surface area contributed by atoms with E-state index in [1.54, 1.807) is 7.11 Å². The minimum atomic E-state index is -0.552. The standard InChI is InChI=1S/C11H20N2O3/c1-15-6-2-9-8-13(5-7-16-9)10(14)11(12)3-4-11/h9H,2-8,12H2,1H3. The van der Waals surface area contributed by atoms with Crippen molar-refractivity contribution in [3.8, 4) is 0 Å². The Kier molecular flexibility index (Phi) is 3.47. The molecule has 0 aromatic heterocycles. The Morgan fingerprint density at radius 3 is 3.00 bits per heavy atom. The van der Waals surface area contributed by atoms with Gasteiger partial charge in [0, 0.05) is 26.8 Å². The third-order valence-electron chi connectivity index (χ3n) is 3.28. The van der Waals surface area contributed by atoms with Gasteiger partial charge in [0.2, 0.25) is 5.91 Å². The maximum absolute atomic E-state index is 12.0. The van der Waals surface area contributed by atoms with Gasteiger partial charge in [-0.15, -0.1) is 0 Å². The molecule has 1 aliphatic carbocycles. The predicted molar refractivity (Wildman–Crippen MR) is 59.0 cm³/mol. The lowest BCUT2D eigenvalue weighted by Gasteiger charge is -2.34. The second-order valence-corrected chi connectivity index (χ2v) is 4.68. The highest BCUT2D eigenvalue weighted by Crippen LogP contribution is 2.34. The number of rotatable bonds is 4. The highest BCUT2D eigenvalue weighted by molar-refractivity contribution is 5.89. The van der Waals surface area contributed by atoms with Crippen LogP contribution < -0.4 is 5.73 Å². The van der Waals surface area contributed by atoms with Crippen LogP contribution in [0, 0.1) is 0 Å². The maximum atomic E-state index is 12.0. The van der Waals surface area contributed by atoms with Gasteiger partial charge in [-0.25, -0.2) is 0 Å². The van der Waals surface area contributed by atoms with Crippen LogP contribution in [0.1, 0.15) is 19.3 Å². The van der Waals surface area contributed by atoms with Gasteiger partial charge >= 0.3 is 0 Å². The Hall–Kier alpha value is -0.650. The Balaban J connectivity index is 1.84. The second kappa shape index (κ2) is 4.69. The highest BCUT2D eigenvalue weighted by atomic mass is 16.5. The van der Waals surface area contributed by atoms with E-state index in [0.29, 0.717) is 26.3 Å². The van der Waals surface area contributed by atoms with Crippen LogP contribution in [0.15, 0.2) is 0 Å². The summed E-state index contributed by atoms with van der Waals surface area (Å²) in [7, 11) is 1.67. The van der Waals surface area contributed by atoms with Gasteiger partial charge in [0.05, 0.1) is 18.2 Å². The monoisotopic (exact) mass is 228 g/mol. The molecule has 2 N–H and O–H groups in total. The number of hydrogen-bond acceptors (Lipinski definition) is 4. The van der Waals surface area contributed by atoms with Gasteiger partial charge in [-0.3, -0.25) is 4.79 Å². The topological polar surface area (TPSA) is 64.8 Å². The van der Waals surface area contributed by atoms with Gasteiger partial charge in [0.15, 0.2) is 0 Å². The van der Waals surface area contributed by atoms with Gasteiger partial charge in [0.1, 0.15) is 0 Å². The molecule has 0 aromatic carbocycles. The largest absolute Gasteiger partial charge is 0.385 e. The number of ether oxygens (including phenoxy) is 2. The highest BCUT2D eigenvalue weighted by Gasteiger charge is 2.48. The normalized spacial score (nSPS) is 27.9. The van der Waals surface area contributed by atoms with Crippen molar-refractivity contribution in [3.63, 3.8) is 0 Å². The molecule has 0 radical (unpaired) electrons. The SMILES string of the molecule is COCCC1CN(C(=O)C2(N)CC2)CCO1. The smallest absolute Gasteiger partial charge is 0.242 e. The average molecular weight is 228 g/mol. The summed E-state index contributed by atoms with van der Waals surface area (Å²) in [6, 6.07) is 0. The van der Waals surface area contributed by atoms with Crippen molar-refractivity contribution in [2.75, 3.05) is 33.4 Å². The van der Waals surface area contributed by atoms with Gasteiger partial charge < -0.3 is 20.1 Å². The molecule has 5 nitrogen and oxygen atoms in total. The van der Waals surface area contributed by atoms with Crippen LogP contribution in [0.3, 0.4) is 0 Å². The van der Waals surface area contributed by atoms with Crippen LogP contribution in [0.2, 0.25) is 0 Å². The fourth-order valence-corrected chi connectivity index (χ4v) is 1.99. The lowest BCUT2D eigenvalue weighted by atomic mass is 10.1. The van der Waals surface area contributed by atoms with E-state index >= 15 is 0 Å². The fraction of sp³-hybridized carbons (Fsp3) is 0.909.